The second-order valence-corrected chi connectivity index (χ2v) is 3.62. The van der Waals surface area contributed by atoms with Crippen molar-refractivity contribution in [3.8, 4) is 0 Å². The number of carbonyl (C=O) groups excluding carboxylic acids is 2. The molecule has 0 spiro atoms. The first-order valence-electron chi connectivity index (χ1n) is 5.08. The van der Waals surface area contributed by atoms with E-state index < -0.39 is 11.9 Å². The van der Waals surface area contributed by atoms with Gasteiger partial charge in [0.1, 0.15) is 6.10 Å². The van der Waals surface area contributed by atoms with Crippen LogP contribution in [0.1, 0.15) is 44.9 Å². The first-order chi connectivity index (χ1) is 6.68. The molecule has 15 heavy (non-hydrogen) atoms. The molecule has 0 atom stereocenters. The molecule has 0 unspecified atom stereocenters. The Morgan fingerprint density at radius 3 is 2.27 bits per heavy atom. The average Bonchev–Trinajstić information content (AvgIpc) is 2.16. The predicted octanol–water partition coefficient (Wildman–Crippen LogP) is -2.60. The molecule has 0 aromatic rings. The molecular formula is C10H15NaO4. The molecule has 1 aliphatic carbocycles. The maximum atomic E-state index is 11.1. The van der Waals surface area contributed by atoms with E-state index in [-0.39, 0.29) is 48.5 Å². The SMILES string of the molecule is O=C([O-])CCC(=O)OC1CCCCC1.[Na+]. The van der Waals surface area contributed by atoms with E-state index >= 15 is 0 Å². The average molecular weight is 222 g/mol. The maximum absolute atomic E-state index is 11.1. The third-order valence-electron chi connectivity index (χ3n) is 2.38. The van der Waals surface area contributed by atoms with Gasteiger partial charge in [0.2, 0.25) is 0 Å². The van der Waals surface area contributed by atoms with Crippen molar-refractivity contribution in [3.63, 3.8) is 0 Å². The normalized spacial score (nSPS) is 16.5. The second kappa shape index (κ2) is 8.13. The first-order valence-corrected chi connectivity index (χ1v) is 5.08. The Balaban J connectivity index is 0.00000196. The predicted molar refractivity (Wildman–Crippen MR) is 47.2 cm³/mol. The van der Waals surface area contributed by atoms with Crippen LogP contribution < -0.4 is 34.7 Å². The van der Waals surface area contributed by atoms with Crippen molar-refractivity contribution in [2.75, 3.05) is 0 Å². The van der Waals surface area contributed by atoms with Crippen LogP contribution in [0.5, 0.6) is 0 Å². The van der Waals surface area contributed by atoms with Crippen molar-refractivity contribution in [1.29, 1.82) is 0 Å². The van der Waals surface area contributed by atoms with E-state index in [9.17, 15) is 14.7 Å². The van der Waals surface area contributed by atoms with Crippen LogP contribution in [0, 0.1) is 0 Å². The number of carboxylic acids is 1. The summed E-state index contributed by atoms with van der Waals surface area (Å²) in [6.07, 6.45) is 4.92. The molecule has 0 aliphatic heterocycles. The Morgan fingerprint density at radius 2 is 1.73 bits per heavy atom. The zero-order valence-corrected chi connectivity index (χ0v) is 11.2. The number of esters is 1. The van der Waals surface area contributed by atoms with Gasteiger partial charge in [0, 0.05) is 5.97 Å². The zero-order valence-electron chi connectivity index (χ0n) is 9.16. The van der Waals surface area contributed by atoms with Crippen molar-refractivity contribution in [2.45, 2.75) is 51.0 Å². The van der Waals surface area contributed by atoms with Crippen molar-refractivity contribution in [2.24, 2.45) is 0 Å². The molecule has 1 saturated carbocycles. The Morgan fingerprint density at radius 1 is 1.13 bits per heavy atom. The zero-order chi connectivity index (χ0) is 10.4. The Hall–Kier alpha value is -0.0600. The molecule has 0 radical (unpaired) electrons. The molecule has 1 rings (SSSR count). The van der Waals surface area contributed by atoms with Crippen LogP contribution in [0.3, 0.4) is 0 Å². The summed E-state index contributed by atoms with van der Waals surface area (Å²) < 4.78 is 5.11. The van der Waals surface area contributed by atoms with E-state index in [0.29, 0.717) is 0 Å². The third-order valence-corrected chi connectivity index (χ3v) is 2.38. The number of hydrogen-bond acceptors (Lipinski definition) is 4. The summed E-state index contributed by atoms with van der Waals surface area (Å²) in [5.74, 6) is -1.62. The van der Waals surface area contributed by atoms with E-state index in [4.69, 9.17) is 4.74 Å². The van der Waals surface area contributed by atoms with E-state index in [1.165, 1.54) is 6.42 Å². The van der Waals surface area contributed by atoms with E-state index in [2.05, 4.69) is 0 Å². The molecule has 5 heteroatoms. The number of hydrogen-bond donors (Lipinski definition) is 0. The smallest absolute Gasteiger partial charge is 0.550 e. The molecule has 0 aromatic carbocycles. The topological polar surface area (TPSA) is 66.4 Å². The van der Waals surface area contributed by atoms with E-state index in [0.717, 1.165) is 25.7 Å². The van der Waals surface area contributed by atoms with Gasteiger partial charge in [-0.3, -0.25) is 4.79 Å². The van der Waals surface area contributed by atoms with Crippen LogP contribution in [0.15, 0.2) is 0 Å². The van der Waals surface area contributed by atoms with E-state index in [1.54, 1.807) is 0 Å². The molecule has 0 aromatic heterocycles. The first kappa shape index (κ1) is 14.9. The van der Waals surface area contributed by atoms with Gasteiger partial charge in [-0.2, -0.15) is 0 Å². The van der Waals surface area contributed by atoms with Gasteiger partial charge in [0.15, 0.2) is 0 Å². The molecule has 1 fully saturated rings. The van der Waals surface area contributed by atoms with Crippen LogP contribution in [-0.4, -0.2) is 18.0 Å². The second-order valence-electron chi connectivity index (χ2n) is 3.62. The Labute approximate surface area is 112 Å². The minimum Gasteiger partial charge on any atom is -0.550 e. The van der Waals surface area contributed by atoms with Gasteiger partial charge in [-0.05, 0) is 32.1 Å². The number of ether oxygens (including phenoxy) is 1. The van der Waals surface area contributed by atoms with Crippen LogP contribution in [0.2, 0.25) is 0 Å². The van der Waals surface area contributed by atoms with Gasteiger partial charge in [0.05, 0.1) is 6.42 Å². The molecular weight excluding hydrogens is 207 g/mol. The fourth-order valence-electron chi connectivity index (χ4n) is 1.63. The Bertz CT molecular complexity index is 211. The van der Waals surface area contributed by atoms with Crippen molar-refractivity contribution < 1.29 is 49.0 Å². The van der Waals surface area contributed by atoms with Crippen LogP contribution in [0.4, 0.5) is 0 Å². The van der Waals surface area contributed by atoms with Crippen LogP contribution in [-0.2, 0) is 14.3 Å². The summed E-state index contributed by atoms with van der Waals surface area (Å²) in [7, 11) is 0. The standard InChI is InChI=1S/C10H16O4.Na/c11-9(12)6-7-10(13)14-8-4-2-1-3-5-8;/h8H,1-7H2,(H,11,12);/q;+1/p-1. The quantitative estimate of drug-likeness (QED) is 0.386. The van der Waals surface area contributed by atoms with Gasteiger partial charge >= 0.3 is 35.5 Å². The largest absolute Gasteiger partial charge is 1.00 e. The van der Waals surface area contributed by atoms with Crippen molar-refractivity contribution in [3.05, 3.63) is 0 Å². The van der Waals surface area contributed by atoms with Crippen LogP contribution in [0.25, 0.3) is 0 Å². The number of rotatable bonds is 4. The minimum absolute atomic E-state index is 0. The molecule has 4 nitrogen and oxygen atoms in total. The molecule has 0 saturated heterocycles. The van der Waals surface area contributed by atoms with Gasteiger partial charge in [0.25, 0.3) is 0 Å². The fraction of sp³-hybridized carbons (Fsp3) is 0.800. The summed E-state index contributed by atoms with van der Waals surface area (Å²) in [6.45, 7) is 0. The molecule has 0 heterocycles. The molecule has 0 N–H and O–H groups in total. The summed E-state index contributed by atoms with van der Waals surface area (Å²) in [6, 6.07) is 0. The van der Waals surface area contributed by atoms with E-state index in [1.807, 2.05) is 0 Å². The van der Waals surface area contributed by atoms with Gasteiger partial charge in [-0.15, -0.1) is 0 Å². The third kappa shape index (κ3) is 6.93. The van der Waals surface area contributed by atoms with Gasteiger partial charge < -0.3 is 14.6 Å². The fourth-order valence-corrected chi connectivity index (χ4v) is 1.63. The summed E-state index contributed by atoms with van der Waals surface area (Å²) in [4.78, 5) is 21.2. The minimum atomic E-state index is -1.20. The summed E-state index contributed by atoms with van der Waals surface area (Å²) >= 11 is 0. The van der Waals surface area contributed by atoms with Crippen molar-refractivity contribution >= 4 is 11.9 Å². The van der Waals surface area contributed by atoms with Gasteiger partial charge in [-0.1, -0.05) is 6.42 Å². The summed E-state index contributed by atoms with van der Waals surface area (Å²) in [5, 5.41) is 10.1. The number of carbonyl (C=O) groups is 2. The molecule has 1 aliphatic rings. The Kier molecular flexibility index (Phi) is 8.10. The molecule has 0 bridgehead atoms. The van der Waals surface area contributed by atoms with Crippen LogP contribution >= 0.6 is 0 Å². The number of aliphatic carboxylic acids is 1. The monoisotopic (exact) mass is 222 g/mol. The summed E-state index contributed by atoms with van der Waals surface area (Å²) in [5.41, 5.74) is 0. The maximum Gasteiger partial charge on any atom is 1.00 e. The van der Waals surface area contributed by atoms with Gasteiger partial charge in [-0.25, -0.2) is 0 Å². The number of carboxylic acid groups (broad SMARTS) is 1. The molecule has 80 valence electrons. The molecule has 0 amide bonds. The van der Waals surface area contributed by atoms with Crippen molar-refractivity contribution in [1.82, 2.24) is 0 Å².